The highest BCUT2D eigenvalue weighted by Crippen LogP contribution is 2.40. The lowest BCUT2D eigenvalue weighted by molar-refractivity contribution is 0.668. The van der Waals surface area contributed by atoms with E-state index >= 15 is 0 Å². The Hall–Kier alpha value is -7.83. The first kappa shape index (κ1) is 31.5. The average molecular weight is 731 g/mol. The summed E-state index contributed by atoms with van der Waals surface area (Å²) in [5.74, 6) is 1.77. The Morgan fingerprint density at radius 3 is 1.67 bits per heavy atom. The molecule has 4 aromatic heterocycles. The lowest BCUT2D eigenvalue weighted by Gasteiger charge is -2.12. The fourth-order valence-corrected chi connectivity index (χ4v) is 8.39. The molecule has 0 spiro atoms. The number of benzene rings is 8. The van der Waals surface area contributed by atoms with E-state index in [1.54, 1.807) is 0 Å². The highest BCUT2D eigenvalue weighted by molar-refractivity contribution is 6.14. The summed E-state index contributed by atoms with van der Waals surface area (Å²) >= 11 is 0. The summed E-state index contributed by atoms with van der Waals surface area (Å²) < 4.78 is 14.9. The van der Waals surface area contributed by atoms with Crippen molar-refractivity contribution in [3.8, 4) is 51.0 Å². The molecule has 266 valence electrons. The first-order valence-electron chi connectivity index (χ1n) is 19.0. The van der Waals surface area contributed by atoms with E-state index in [0.717, 1.165) is 93.8 Å². The molecule has 0 fully saturated rings. The number of rotatable bonds is 5. The summed E-state index contributed by atoms with van der Waals surface area (Å²) in [6.45, 7) is 0. The van der Waals surface area contributed by atoms with Gasteiger partial charge in [0.2, 0.25) is 0 Å². The molecule has 6 heteroatoms. The molecule has 0 radical (unpaired) electrons. The molecule has 0 aliphatic carbocycles. The summed E-state index contributed by atoms with van der Waals surface area (Å²) in [6, 6.07) is 62.7. The normalized spacial score (nSPS) is 11.9. The van der Waals surface area contributed by atoms with Gasteiger partial charge in [-0.15, -0.1) is 0 Å². The molecule has 4 heterocycles. The molecule has 0 bridgehead atoms. The summed E-state index contributed by atoms with van der Waals surface area (Å²) in [4.78, 5) is 15.5. The van der Waals surface area contributed by atoms with Gasteiger partial charge in [-0.05, 0) is 77.9 Å². The van der Waals surface area contributed by atoms with Crippen LogP contribution in [-0.2, 0) is 0 Å². The molecule has 57 heavy (non-hydrogen) atoms. The standard InChI is InChI=1S/C51H30N4O2/c1-3-12-31(13-4-1)49-52-50(54-51(53-49)40-19-11-18-39-36-16-7-9-20-43(36)55(48(39)40)35-14-5-2-6-15-35)34-22-25-38-42-29-33(24-27-46(42)57-47(38)30-34)32-23-26-45-41(28-32)37-17-8-10-21-44(37)56-45/h1-30H. The number of aromatic nitrogens is 4. The van der Waals surface area contributed by atoms with Crippen molar-refractivity contribution in [1.82, 2.24) is 19.5 Å². The molecule has 0 saturated carbocycles. The molecule has 0 amide bonds. The Labute approximate surface area is 325 Å². The molecule has 0 N–H and O–H groups in total. The van der Waals surface area contributed by atoms with Crippen LogP contribution < -0.4 is 0 Å². The first-order valence-corrected chi connectivity index (χ1v) is 19.0. The molecular formula is C51H30N4O2. The fourth-order valence-electron chi connectivity index (χ4n) is 8.39. The second kappa shape index (κ2) is 12.3. The van der Waals surface area contributed by atoms with Gasteiger partial charge in [-0.2, -0.15) is 0 Å². The van der Waals surface area contributed by atoms with Crippen LogP contribution >= 0.6 is 0 Å². The maximum atomic E-state index is 6.52. The Morgan fingerprint density at radius 2 is 0.895 bits per heavy atom. The van der Waals surface area contributed by atoms with Crippen LogP contribution in [0.25, 0.3) is 117 Å². The van der Waals surface area contributed by atoms with Gasteiger partial charge in [-0.25, -0.2) is 15.0 Å². The van der Waals surface area contributed by atoms with Crippen LogP contribution in [0.5, 0.6) is 0 Å². The third-order valence-corrected chi connectivity index (χ3v) is 11.1. The highest BCUT2D eigenvalue weighted by atomic mass is 16.3. The van der Waals surface area contributed by atoms with E-state index in [2.05, 4.69) is 126 Å². The van der Waals surface area contributed by atoms with Crippen LogP contribution in [0.4, 0.5) is 0 Å². The minimum Gasteiger partial charge on any atom is -0.456 e. The third kappa shape index (κ3) is 5.01. The summed E-state index contributed by atoms with van der Waals surface area (Å²) in [6.07, 6.45) is 0. The molecule has 8 aromatic carbocycles. The van der Waals surface area contributed by atoms with Crippen molar-refractivity contribution in [3.05, 3.63) is 182 Å². The summed E-state index contributed by atoms with van der Waals surface area (Å²) in [5.41, 5.74) is 11.5. The van der Waals surface area contributed by atoms with E-state index in [1.807, 2.05) is 60.7 Å². The Morgan fingerprint density at radius 1 is 0.333 bits per heavy atom. The molecule has 0 unspecified atom stereocenters. The van der Waals surface area contributed by atoms with Crippen molar-refractivity contribution < 1.29 is 8.83 Å². The van der Waals surface area contributed by atoms with Gasteiger partial charge >= 0.3 is 0 Å². The van der Waals surface area contributed by atoms with E-state index < -0.39 is 0 Å². The zero-order chi connectivity index (χ0) is 37.5. The van der Waals surface area contributed by atoms with Gasteiger partial charge in [0, 0.05) is 54.7 Å². The van der Waals surface area contributed by atoms with Crippen LogP contribution in [0, 0.1) is 0 Å². The molecule has 0 saturated heterocycles. The molecule has 12 rings (SSSR count). The van der Waals surface area contributed by atoms with E-state index in [1.165, 1.54) is 5.39 Å². The molecular weight excluding hydrogens is 701 g/mol. The maximum absolute atomic E-state index is 6.52. The van der Waals surface area contributed by atoms with Gasteiger partial charge in [0.15, 0.2) is 17.5 Å². The van der Waals surface area contributed by atoms with Crippen molar-refractivity contribution in [2.24, 2.45) is 0 Å². The predicted molar refractivity (Wildman–Crippen MR) is 230 cm³/mol. The number of hydrogen-bond donors (Lipinski definition) is 0. The zero-order valence-electron chi connectivity index (χ0n) is 30.4. The Balaban J connectivity index is 1.02. The quantitative estimate of drug-likeness (QED) is 0.176. The highest BCUT2D eigenvalue weighted by Gasteiger charge is 2.21. The molecule has 12 aromatic rings. The average Bonchev–Trinajstić information content (AvgIpc) is 3.95. The van der Waals surface area contributed by atoms with Crippen LogP contribution in [0.15, 0.2) is 191 Å². The summed E-state index contributed by atoms with van der Waals surface area (Å²) in [7, 11) is 0. The van der Waals surface area contributed by atoms with Crippen LogP contribution in [0.2, 0.25) is 0 Å². The van der Waals surface area contributed by atoms with E-state index in [4.69, 9.17) is 23.8 Å². The SMILES string of the molecule is c1ccc(-c2nc(-c3ccc4c(c3)oc3ccc(-c5ccc6oc7ccccc7c6c5)cc34)nc(-c3cccc4c5ccccc5n(-c5ccccc5)c34)n2)cc1. The van der Waals surface area contributed by atoms with Gasteiger partial charge in [0.1, 0.15) is 22.3 Å². The maximum Gasteiger partial charge on any atom is 0.166 e. The molecule has 0 atom stereocenters. The smallest absolute Gasteiger partial charge is 0.166 e. The third-order valence-electron chi connectivity index (χ3n) is 11.1. The number of fused-ring (bicyclic) bond motifs is 9. The van der Waals surface area contributed by atoms with Crippen molar-refractivity contribution >= 4 is 65.7 Å². The zero-order valence-corrected chi connectivity index (χ0v) is 30.4. The van der Waals surface area contributed by atoms with Gasteiger partial charge in [-0.3, -0.25) is 0 Å². The lowest BCUT2D eigenvalue weighted by atomic mass is 10.0. The van der Waals surface area contributed by atoms with Gasteiger partial charge < -0.3 is 13.4 Å². The second-order valence-electron chi connectivity index (χ2n) is 14.4. The monoisotopic (exact) mass is 730 g/mol. The Kier molecular flexibility index (Phi) is 6.83. The lowest BCUT2D eigenvalue weighted by Crippen LogP contribution is -2.02. The largest absolute Gasteiger partial charge is 0.456 e. The van der Waals surface area contributed by atoms with E-state index in [0.29, 0.717) is 17.5 Å². The minimum absolute atomic E-state index is 0.571. The van der Waals surface area contributed by atoms with Crippen molar-refractivity contribution in [2.45, 2.75) is 0 Å². The van der Waals surface area contributed by atoms with Crippen LogP contribution in [0.3, 0.4) is 0 Å². The van der Waals surface area contributed by atoms with Crippen LogP contribution in [-0.4, -0.2) is 19.5 Å². The van der Waals surface area contributed by atoms with Crippen molar-refractivity contribution in [1.29, 1.82) is 0 Å². The fraction of sp³-hybridized carbons (Fsp3) is 0. The van der Waals surface area contributed by atoms with Crippen molar-refractivity contribution in [2.75, 3.05) is 0 Å². The van der Waals surface area contributed by atoms with Gasteiger partial charge in [0.25, 0.3) is 0 Å². The first-order chi connectivity index (χ1) is 28.2. The topological polar surface area (TPSA) is 69.9 Å². The number of furan rings is 2. The molecule has 6 nitrogen and oxygen atoms in total. The minimum atomic E-state index is 0.571. The van der Waals surface area contributed by atoms with Gasteiger partial charge in [-0.1, -0.05) is 115 Å². The van der Waals surface area contributed by atoms with E-state index in [-0.39, 0.29) is 0 Å². The van der Waals surface area contributed by atoms with Gasteiger partial charge in [0.05, 0.1) is 11.0 Å². The second-order valence-corrected chi connectivity index (χ2v) is 14.4. The number of para-hydroxylation sites is 4. The Bertz CT molecular complexity index is 3530. The van der Waals surface area contributed by atoms with E-state index in [9.17, 15) is 0 Å². The van der Waals surface area contributed by atoms with Crippen molar-refractivity contribution in [3.63, 3.8) is 0 Å². The molecule has 0 aliphatic heterocycles. The predicted octanol–water partition coefficient (Wildman–Crippen LogP) is 13.4. The number of nitrogens with zero attached hydrogens (tertiary/aromatic N) is 4. The molecule has 0 aliphatic rings. The number of hydrogen-bond acceptors (Lipinski definition) is 5. The van der Waals surface area contributed by atoms with Crippen LogP contribution in [0.1, 0.15) is 0 Å². The summed E-state index contributed by atoms with van der Waals surface area (Å²) in [5, 5.41) is 6.60.